The van der Waals surface area contributed by atoms with Crippen molar-refractivity contribution in [3.05, 3.63) is 18.2 Å². The summed E-state index contributed by atoms with van der Waals surface area (Å²) in [6, 6.07) is 4.96. The van der Waals surface area contributed by atoms with Crippen LogP contribution < -0.4 is 14.8 Å². The number of hydrogen-bond donors (Lipinski definition) is 2. The second-order valence-electron chi connectivity index (χ2n) is 4.05. The average molecular weight is 267 g/mol. The van der Waals surface area contributed by atoms with Gasteiger partial charge in [0.05, 0.1) is 26.3 Å². The molecule has 6 heteroatoms. The monoisotopic (exact) mass is 267 g/mol. The van der Waals surface area contributed by atoms with Gasteiger partial charge in [0, 0.05) is 12.0 Å². The highest BCUT2D eigenvalue weighted by atomic mass is 16.5. The largest absolute Gasteiger partial charge is 0.497 e. The third kappa shape index (κ3) is 4.17. The fraction of sp³-hybridized carbons (Fsp3) is 0.385. The Morgan fingerprint density at radius 2 is 2.00 bits per heavy atom. The number of methoxy groups -OCH3 is 2. The van der Waals surface area contributed by atoms with Crippen molar-refractivity contribution in [3.8, 4) is 11.5 Å². The maximum absolute atomic E-state index is 11.8. The second kappa shape index (κ2) is 6.63. The number of rotatable bonds is 6. The highest BCUT2D eigenvalue weighted by Crippen LogP contribution is 2.29. The lowest BCUT2D eigenvalue weighted by Gasteiger charge is -2.14. The molecule has 0 bridgehead atoms. The van der Waals surface area contributed by atoms with Crippen molar-refractivity contribution >= 4 is 17.6 Å². The second-order valence-corrected chi connectivity index (χ2v) is 4.05. The Kier molecular flexibility index (Phi) is 5.17. The summed E-state index contributed by atoms with van der Waals surface area (Å²) in [7, 11) is 3.01. The van der Waals surface area contributed by atoms with Gasteiger partial charge in [0.1, 0.15) is 11.5 Å². The van der Waals surface area contributed by atoms with Gasteiger partial charge in [0.2, 0.25) is 5.91 Å². The van der Waals surface area contributed by atoms with Crippen molar-refractivity contribution in [2.75, 3.05) is 19.5 Å². The minimum Gasteiger partial charge on any atom is -0.497 e. The van der Waals surface area contributed by atoms with E-state index in [0.717, 1.165) is 0 Å². The molecule has 19 heavy (non-hydrogen) atoms. The average Bonchev–Trinajstić information content (AvgIpc) is 2.38. The van der Waals surface area contributed by atoms with Gasteiger partial charge in [0.15, 0.2) is 0 Å². The van der Waals surface area contributed by atoms with E-state index in [2.05, 4.69) is 5.32 Å². The molecule has 0 aliphatic heterocycles. The fourth-order valence-electron chi connectivity index (χ4n) is 1.51. The molecular formula is C13H17NO5. The molecule has 1 unspecified atom stereocenters. The molecule has 104 valence electrons. The zero-order valence-electron chi connectivity index (χ0n) is 11.1. The summed E-state index contributed by atoms with van der Waals surface area (Å²) < 4.78 is 10.2. The predicted molar refractivity (Wildman–Crippen MR) is 69.6 cm³/mol. The molecule has 0 radical (unpaired) electrons. The molecule has 1 amide bonds. The number of ether oxygens (including phenoxy) is 2. The number of carbonyl (C=O) groups excluding carboxylic acids is 1. The molecule has 0 aromatic heterocycles. The van der Waals surface area contributed by atoms with Gasteiger partial charge in [0.25, 0.3) is 0 Å². The Labute approximate surface area is 111 Å². The molecular weight excluding hydrogens is 250 g/mol. The van der Waals surface area contributed by atoms with Crippen molar-refractivity contribution in [1.29, 1.82) is 0 Å². The van der Waals surface area contributed by atoms with E-state index in [1.54, 1.807) is 25.1 Å². The third-order valence-corrected chi connectivity index (χ3v) is 2.59. The van der Waals surface area contributed by atoms with Crippen molar-refractivity contribution in [2.45, 2.75) is 13.3 Å². The Bertz CT molecular complexity index is 472. The van der Waals surface area contributed by atoms with Crippen LogP contribution in [0.3, 0.4) is 0 Å². The summed E-state index contributed by atoms with van der Waals surface area (Å²) in [5, 5.41) is 11.3. The van der Waals surface area contributed by atoms with E-state index >= 15 is 0 Å². The summed E-state index contributed by atoms with van der Waals surface area (Å²) in [5.41, 5.74) is 0.477. The van der Waals surface area contributed by atoms with Gasteiger partial charge in [-0.1, -0.05) is 6.92 Å². The van der Waals surface area contributed by atoms with Gasteiger partial charge in [-0.2, -0.15) is 0 Å². The summed E-state index contributed by atoms with van der Waals surface area (Å²) in [4.78, 5) is 22.4. The predicted octanol–water partition coefficient (Wildman–Crippen LogP) is 1.75. The number of amides is 1. The van der Waals surface area contributed by atoms with Crippen LogP contribution in [-0.2, 0) is 9.59 Å². The number of aliphatic carboxylic acids is 1. The van der Waals surface area contributed by atoms with Gasteiger partial charge in [-0.3, -0.25) is 9.59 Å². The van der Waals surface area contributed by atoms with E-state index in [0.29, 0.717) is 17.2 Å². The number of anilines is 1. The van der Waals surface area contributed by atoms with Crippen LogP contribution in [0.5, 0.6) is 11.5 Å². The van der Waals surface area contributed by atoms with Crippen LogP contribution in [0, 0.1) is 5.92 Å². The van der Waals surface area contributed by atoms with E-state index in [1.807, 2.05) is 0 Å². The van der Waals surface area contributed by atoms with E-state index in [9.17, 15) is 9.59 Å². The number of nitrogens with one attached hydrogen (secondary N) is 1. The van der Waals surface area contributed by atoms with Crippen molar-refractivity contribution < 1.29 is 24.2 Å². The molecule has 0 heterocycles. The number of carbonyl (C=O) groups is 2. The summed E-state index contributed by atoms with van der Waals surface area (Å²) in [6.07, 6.45) is -0.218. The lowest BCUT2D eigenvalue weighted by Crippen LogP contribution is -2.23. The van der Waals surface area contributed by atoms with Crippen molar-refractivity contribution in [2.24, 2.45) is 5.92 Å². The topological polar surface area (TPSA) is 84.9 Å². The van der Waals surface area contributed by atoms with Crippen LogP contribution in [0.2, 0.25) is 0 Å². The zero-order chi connectivity index (χ0) is 14.4. The number of hydrogen-bond acceptors (Lipinski definition) is 4. The first kappa shape index (κ1) is 14.8. The first-order chi connectivity index (χ1) is 8.97. The Balaban J connectivity index is 2.81. The number of carboxylic acid groups (broad SMARTS) is 1. The molecule has 0 saturated heterocycles. The van der Waals surface area contributed by atoms with Crippen LogP contribution >= 0.6 is 0 Å². The molecule has 0 aliphatic rings. The van der Waals surface area contributed by atoms with Crippen LogP contribution in [0.25, 0.3) is 0 Å². The summed E-state index contributed by atoms with van der Waals surface area (Å²) >= 11 is 0. The molecule has 6 nitrogen and oxygen atoms in total. The Morgan fingerprint density at radius 3 is 2.53 bits per heavy atom. The van der Waals surface area contributed by atoms with Crippen LogP contribution in [0.15, 0.2) is 18.2 Å². The van der Waals surface area contributed by atoms with Crippen LogP contribution in [0.4, 0.5) is 5.69 Å². The van der Waals surface area contributed by atoms with Gasteiger partial charge < -0.3 is 19.9 Å². The van der Waals surface area contributed by atoms with Gasteiger partial charge in [-0.25, -0.2) is 0 Å². The van der Waals surface area contributed by atoms with Crippen molar-refractivity contribution in [1.82, 2.24) is 0 Å². The normalized spacial score (nSPS) is 11.5. The smallest absolute Gasteiger partial charge is 0.304 e. The first-order valence-corrected chi connectivity index (χ1v) is 5.72. The molecule has 0 saturated carbocycles. The number of benzene rings is 1. The molecule has 2 N–H and O–H groups in total. The molecule has 0 spiro atoms. The number of carboxylic acids is 1. The standard InChI is InChI=1S/C13H17NO5/c1-8(6-12(15)16)13(17)14-10-5-4-9(18-2)7-11(10)19-3/h4-5,7-8H,6H2,1-3H3,(H,14,17)(H,15,16). The molecule has 1 aromatic carbocycles. The zero-order valence-corrected chi connectivity index (χ0v) is 11.1. The molecule has 1 rings (SSSR count). The van der Waals surface area contributed by atoms with Gasteiger partial charge in [-0.15, -0.1) is 0 Å². The first-order valence-electron chi connectivity index (χ1n) is 5.72. The van der Waals surface area contributed by atoms with Crippen molar-refractivity contribution in [3.63, 3.8) is 0 Å². The minimum absolute atomic E-state index is 0.218. The molecule has 1 aromatic rings. The van der Waals surface area contributed by atoms with Crippen LogP contribution in [-0.4, -0.2) is 31.2 Å². The molecule has 1 atom stereocenters. The van der Waals surface area contributed by atoms with E-state index in [1.165, 1.54) is 14.2 Å². The quantitative estimate of drug-likeness (QED) is 0.820. The summed E-state index contributed by atoms with van der Waals surface area (Å²) in [5.74, 6) is -0.942. The highest BCUT2D eigenvalue weighted by Gasteiger charge is 2.18. The lowest BCUT2D eigenvalue weighted by molar-refractivity contribution is -0.139. The third-order valence-electron chi connectivity index (χ3n) is 2.59. The van der Waals surface area contributed by atoms with Gasteiger partial charge >= 0.3 is 5.97 Å². The van der Waals surface area contributed by atoms with E-state index < -0.39 is 11.9 Å². The maximum atomic E-state index is 11.8. The summed E-state index contributed by atoms with van der Waals surface area (Å²) in [6.45, 7) is 1.56. The Morgan fingerprint density at radius 1 is 1.32 bits per heavy atom. The molecule has 0 fully saturated rings. The van der Waals surface area contributed by atoms with E-state index in [-0.39, 0.29) is 12.3 Å². The fourth-order valence-corrected chi connectivity index (χ4v) is 1.51. The Hall–Kier alpha value is -2.24. The lowest BCUT2D eigenvalue weighted by atomic mass is 10.1. The maximum Gasteiger partial charge on any atom is 0.304 e. The highest BCUT2D eigenvalue weighted by molar-refractivity contribution is 5.95. The van der Waals surface area contributed by atoms with Crippen LogP contribution in [0.1, 0.15) is 13.3 Å². The molecule has 0 aliphatic carbocycles. The minimum atomic E-state index is -1.01. The SMILES string of the molecule is COc1ccc(NC(=O)C(C)CC(=O)O)c(OC)c1. The van der Waals surface area contributed by atoms with Gasteiger partial charge in [-0.05, 0) is 12.1 Å². The van der Waals surface area contributed by atoms with E-state index in [4.69, 9.17) is 14.6 Å².